The summed E-state index contributed by atoms with van der Waals surface area (Å²) in [7, 11) is 1.63. The van der Waals surface area contributed by atoms with Crippen molar-refractivity contribution < 1.29 is 14.3 Å². The number of hydrogen-bond donors (Lipinski definition) is 2. The van der Waals surface area contributed by atoms with Gasteiger partial charge in [0.2, 0.25) is 11.8 Å². The van der Waals surface area contributed by atoms with Crippen molar-refractivity contribution in [2.24, 2.45) is 0 Å². The molecule has 0 aliphatic rings. The van der Waals surface area contributed by atoms with Crippen LogP contribution in [0.2, 0.25) is 0 Å². The Balaban J connectivity index is 2.21. The highest BCUT2D eigenvalue weighted by Crippen LogP contribution is 2.17. The SMILES string of the molecule is CCCCCNC(=O)CC(=O)NCCc1ccccc1OC. The van der Waals surface area contributed by atoms with Crippen LogP contribution in [0.3, 0.4) is 0 Å². The molecule has 2 N–H and O–H groups in total. The fourth-order valence-corrected chi connectivity index (χ4v) is 2.12. The molecule has 0 spiro atoms. The van der Waals surface area contributed by atoms with Gasteiger partial charge in [0.15, 0.2) is 0 Å². The molecule has 0 radical (unpaired) electrons. The van der Waals surface area contributed by atoms with E-state index in [0.29, 0.717) is 19.5 Å². The fourth-order valence-electron chi connectivity index (χ4n) is 2.12. The third kappa shape index (κ3) is 7.11. The first kappa shape index (κ1) is 18.0. The van der Waals surface area contributed by atoms with Crippen LogP contribution in [0.4, 0.5) is 0 Å². The average molecular weight is 306 g/mol. The molecule has 0 unspecified atom stereocenters. The Hall–Kier alpha value is -2.04. The van der Waals surface area contributed by atoms with E-state index in [1.807, 2.05) is 24.3 Å². The van der Waals surface area contributed by atoms with E-state index in [-0.39, 0.29) is 18.2 Å². The summed E-state index contributed by atoms with van der Waals surface area (Å²) in [5.74, 6) is 0.346. The third-order valence-electron chi connectivity index (χ3n) is 3.33. The summed E-state index contributed by atoms with van der Waals surface area (Å²) < 4.78 is 5.25. The summed E-state index contributed by atoms with van der Waals surface area (Å²) >= 11 is 0. The van der Waals surface area contributed by atoms with Crippen LogP contribution in [0.15, 0.2) is 24.3 Å². The maximum atomic E-state index is 11.7. The van der Waals surface area contributed by atoms with Gasteiger partial charge in [0.05, 0.1) is 7.11 Å². The molecular formula is C17H26N2O3. The van der Waals surface area contributed by atoms with E-state index < -0.39 is 0 Å². The van der Waals surface area contributed by atoms with Crippen molar-refractivity contribution in [3.63, 3.8) is 0 Å². The van der Waals surface area contributed by atoms with Crippen molar-refractivity contribution in [2.75, 3.05) is 20.2 Å². The van der Waals surface area contributed by atoms with E-state index in [1.165, 1.54) is 0 Å². The Morgan fingerprint density at radius 1 is 1.05 bits per heavy atom. The molecule has 5 nitrogen and oxygen atoms in total. The van der Waals surface area contributed by atoms with Crippen LogP contribution in [-0.2, 0) is 16.0 Å². The van der Waals surface area contributed by atoms with E-state index in [4.69, 9.17) is 4.74 Å². The van der Waals surface area contributed by atoms with E-state index in [0.717, 1.165) is 30.6 Å². The minimum atomic E-state index is -0.247. The number of carbonyl (C=O) groups excluding carboxylic acids is 2. The van der Waals surface area contributed by atoms with Crippen molar-refractivity contribution in [1.82, 2.24) is 10.6 Å². The Morgan fingerprint density at radius 2 is 1.73 bits per heavy atom. The number of ether oxygens (including phenoxy) is 1. The van der Waals surface area contributed by atoms with Crippen molar-refractivity contribution >= 4 is 11.8 Å². The van der Waals surface area contributed by atoms with Crippen LogP contribution in [0.5, 0.6) is 5.75 Å². The lowest BCUT2D eigenvalue weighted by atomic mass is 10.1. The van der Waals surface area contributed by atoms with Crippen LogP contribution in [0, 0.1) is 0 Å². The van der Waals surface area contributed by atoms with Crippen LogP contribution < -0.4 is 15.4 Å². The molecule has 122 valence electrons. The van der Waals surface area contributed by atoms with Crippen LogP contribution >= 0.6 is 0 Å². The quantitative estimate of drug-likeness (QED) is 0.513. The van der Waals surface area contributed by atoms with Crippen molar-refractivity contribution in [3.8, 4) is 5.75 Å². The van der Waals surface area contributed by atoms with Crippen molar-refractivity contribution in [2.45, 2.75) is 39.0 Å². The van der Waals surface area contributed by atoms with Gasteiger partial charge in [0.1, 0.15) is 12.2 Å². The molecule has 0 saturated heterocycles. The minimum absolute atomic E-state index is 0.113. The Labute approximate surface area is 132 Å². The molecular weight excluding hydrogens is 280 g/mol. The zero-order chi connectivity index (χ0) is 16.2. The summed E-state index contributed by atoms with van der Waals surface area (Å²) in [5, 5.41) is 5.51. The smallest absolute Gasteiger partial charge is 0.229 e. The Morgan fingerprint density at radius 3 is 2.41 bits per heavy atom. The number of nitrogens with one attached hydrogen (secondary N) is 2. The molecule has 0 aliphatic carbocycles. The van der Waals surface area contributed by atoms with Gasteiger partial charge in [0.25, 0.3) is 0 Å². The number of benzene rings is 1. The monoisotopic (exact) mass is 306 g/mol. The van der Waals surface area contributed by atoms with Crippen molar-refractivity contribution in [1.29, 1.82) is 0 Å². The van der Waals surface area contributed by atoms with Gasteiger partial charge >= 0.3 is 0 Å². The molecule has 0 fully saturated rings. The molecule has 1 aromatic carbocycles. The summed E-state index contributed by atoms with van der Waals surface area (Å²) in [6.07, 6.45) is 3.72. The Kier molecular flexibility index (Phi) is 8.72. The first-order chi connectivity index (χ1) is 10.7. The molecule has 0 bridgehead atoms. The summed E-state index contributed by atoms with van der Waals surface area (Å²) in [4.78, 5) is 23.2. The zero-order valence-electron chi connectivity index (χ0n) is 13.5. The van der Waals surface area contributed by atoms with E-state index in [9.17, 15) is 9.59 Å². The second-order valence-electron chi connectivity index (χ2n) is 5.15. The van der Waals surface area contributed by atoms with Gasteiger partial charge in [-0.15, -0.1) is 0 Å². The molecule has 1 rings (SSSR count). The van der Waals surface area contributed by atoms with E-state index in [2.05, 4.69) is 17.6 Å². The second kappa shape index (κ2) is 10.7. The van der Waals surface area contributed by atoms with Crippen LogP contribution in [-0.4, -0.2) is 32.0 Å². The minimum Gasteiger partial charge on any atom is -0.496 e. The van der Waals surface area contributed by atoms with Gasteiger partial charge < -0.3 is 15.4 Å². The summed E-state index contributed by atoms with van der Waals surface area (Å²) in [6.45, 7) is 3.24. The number of amides is 2. The number of rotatable bonds is 10. The topological polar surface area (TPSA) is 67.4 Å². The number of carbonyl (C=O) groups is 2. The molecule has 0 saturated carbocycles. The first-order valence-corrected chi connectivity index (χ1v) is 7.82. The lowest BCUT2D eigenvalue weighted by Gasteiger charge is -2.09. The third-order valence-corrected chi connectivity index (χ3v) is 3.33. The highest BCUT2D eigenvalue weighted by Gasteiger charge is 2.09. The molecule has 2 amide bonds. The number of hydrogen-bond acceptors (Lipinski definition) is 3. The average Bonchev–Trinajstić information content (AvgIpc) is 2.52. The van der Waals surface area contributed by atoms with Gasteiger partial charge in [-0.3, -0.25) is 9.59 Å². The predicted molar refractivity (Wildman–Crippen MR) is 86.9 cm³/mol. The zero-order valence-corrected chi connectivity index (χ0v) is 13.5. The molecule has 22 heavy (non-hydrogen) atoms. The standard InChI is InChI=1S/C17H26N2O3/c1-3-4-7-11-18-16(20)13-17(21)19-12-10-14-8-5-6-9-15(14)22-2/h5-6,8-9H,3-4,7,10-13H2,1-2H3,(H,18,20)(H,19,21). The normalized spacial score (nSPS) is 10.1. The lowest BCUT2D eigenvalue weighted by molar-refractivity contribution is -0.129. The molecule has 0 atom stereocenters. The fraction of sp³-hybridized carbons (Fsp3) is 0.529. The predicted octanol–water partition coefficient (Wildman–Crippen LogP) is 2.05. The highest BCUT2D eigenvalue weighted by molar-refractivity contribution is 5.96. The first-order valence-electron chi connectivity index (χ1n) is 7.82. The largest absolute Gasteiger partial charge is 0.496 e. The molecule has 0 heterocycles. The van der Waals surface area contributed by atoms with Gasteiger partial charge in [-0.1, -0.05) is 38.0 Å². The van der Waals surface area contributed by atoms with Gasteiger partial charge in [-0.25, -0.2) is 0 Å². The Bertz CT molecular complexity index is 475. The highest BCUT2D eigenvalue weighted by atomic mass is 16.5. The summed E-state index contributed by atoms with van der Waals surface area (Å²) in [5.41, 5.74) is 1.04. The van der Waals surface area contributed by atoms with Gasteiger partial charge in [0, 0.05) is 13.1 Å². The van der Waals surface area contributed by atoms with Crippen LogP contribution in [0.25, 0.3) is 0 Å². The number of para-hydroxylation sites is 1. The molecule has 0 aliphatic heterocycles. The van der Waals surface area contributed by atoms with E-state index in [1.54, 1.807) is 7.11 Å². The molecule has 0 aromatic heterocycles. The van der Waals surface area contributed by atoms with Crippen molar-refractivity contribution in [3.05, 3.63) is 29.8 Å². The lowest BCUT2D eigenvalue weighted by Crippen LogP contribution is -2.33. The maximum absolute atomic E-state index is 11.7. The number of methoxy groups -OCH3 is 1. The van der Waals surface area contributed by atoms with Gasteiger partial charge in [-0.05, 0) is 24.5 Å². The maximum Gasteiger partial charge on any atom is 0.229 e. The summed E-state index contributed by atoms with van der Waals surface area (Å²) in [6, 6.07) is 7.69. The second-order valence-corrected chi connectivity index (χ2v) is 5.15. The molecule has 5 heteroatoms. The van der Waals surface area contributed by atoms with E-state index >= 15 is 0 Å². The molecule has 1 aromatic rings. The van der Waals surface area contributed by atoms with Crippen LogP contribution in [0.1, 0.15) is 38.2 Å². The number of unbranched alkanes of at least 4 members (excludes halogenated alkanes) is 2. The van der Waals surface area contributed by atoms with Gasteiger partial charge in [-0.2, -0.15) is 0 Å².